The van der Waals surface area contributed by atoms with Gasteiger partial charge >= 0.3 is 0 Å². The van der Waals surface area contributed by atoms with E-state index in [9.17, 15) is 9.90 Å². The molecule has 0 atom stereocenters. The summed E-state index contributed by atoms with van der Waals surface area (Å²) in [6.45, 7) is 4.93. The molecule has 1 aliphatic rings. The van der Waals surface area contributed by atoms with Crippen molar-refractivity contribution in [2.45, 2.75) is 45.6 Å². The van der Waals surface area contributed by atoms with E-state index >= 15 is 0 Å². The van der Waals surface area contributed by atoms with Crippen molar-refractivity contribution in [2.24, 2.45) is 5.92 Å². The Labute approximate surface area is 114 Å². The molecule has 1 heterocycles. The zero-order valence-electron chi connectivity index (χ0n) is 11.7. The van der Waals surface area contributed by atoms with Crippen LogP contribution in [-0.2, 0) is 0 Å². The predicted molar refractivity (Wildman–Crippen MR) is 74.0 cm³/mol. The van der Waals surface area contributed by atoms with Crippen molar-refractivity contribution in [3.8, 4) is 5.75 Å². The fourth-order valence-electron chi connectivity index (χ4n) is 2.70. The highest BCUT2D eigenvalue weighted by molar-refractivity contribution is 5.95. The van der Waals surface area contributed by atoms with Gasteiger partial charge in [-0.2, -0.15) is 0 Å². The first-order valence-electron chi connectivity index (χ1n) is 7.04. The van der Waals surface area contributed by atoms with Crippen LogP contribution in [0.4, 0.5) is 0 Å². The van der Waals surface area contributed by atoms with E-state index in [0.29, 0.717) is 12.0 Å². The second kappa shape index (κ2) is 6.04. The molecule has 1 N–H and O–H groups in total. The summed E-state index contributed by atoms with van der Waals surface area (Å²) in [5.41, 5.74) is 0.176. The second-order valence-electron chi connectivity index (χ2n) is 5.66. The van der Waals surface area contributed by atoms with Gasteiger partial charge in [0.05, 0.1) is 0 Å². The van der Waals surface area contributed by atoms with Gasteiger partial charge in [-0.1, -0.05) is 26.7 Å². The summed E-state index contributed by atoms with van der Waals surface area (Å²) in [7, 11) is 0. The molecule has 0 unspecified atom stereocenters. The molecule has 0 aromatic carbocycles. The van der Waals surface area contributed by atoms with Gasteiger partial charge in [-0.3, -0.25) is 4.79 Å². The van der Waals surface area contributed by atoms with Crippen LogP contribution in [0.1, 0.15) is 50.0 Å². The molecule has 0 saturated heterocycles. The van der Waals surface area contributed by atoms with E-state index in [2.05, 4.69) is 18.8 Å². The van der Waals surface area contributed by atoms with Crippen LogP contribution < -0.4 is 0 Å². The summed E-state index contributed by atoms with van der Waals surface area (Å²) in [5.74, 6) is 0.244. The molecular formula is C15H22N2O2. The topological polar surface area (TPSA) is 53.4 Å². The van der Waals surface area contributed by atoms with Crippen LogP contribution in [0.15, 0.2) is 18.3 Å². The summed E-state index contributed by atoms with van der Waals surface area (Å²) in [5, 5.41) is 9.80. The Morgan fingerprint density at radius 3 is 2.74 bits per heavy atom. The lowest BCUT2D eigenvalue weighted by Crippen LogP contribution is -2.41. The van der Waals surface area contributed by atoms with Crippen LogP contribution >= 0.6 is 0 Å². The number of nitrogens with zero attached hydrogens (tertiary/aromatic N) is 2. The molecule has 0 spiro atoms. The minimum atomic E-state index is -0.140. The van der Waals surface area contributed by atoms with Crippen LogP contribution in [0.2, 0.25) is 0 Å². The molecule has 2 rings (SSSR count). The van der Waals surface area contributed by atoms with E-state index in [4.69, 9.17) is 0 Å². The first-order chi connectivity index (χ1) is 9.09. The molecular weight excluding hydrogens is 240 g/mol. The van der Waals surface area contributed by atoms with E-state index in [1.807, 2.05) is 4.90 Å². The van der Waals surface area contributed by atoms with Crippen molar-refractivity contribution in [3.63, 3.8) is 0 Å². The first kappa shape index (κ1) is 13.8. The van der Waals surface area contributed by atoms with E-state index in [0.717, 1.165) is 19.4 Å². The smallest absolute Gasteiger partial charge is 0.276 e. The number of carbonyl (C=O) groups is 1. The Balaban J connectivity index is 2.22. The van der Waals surface area contributed by atoms with Crippen molar-refractivity contribution >= 4 is 5.91 Å². The van der Waals surface area contributed by atoms with E-state index in [1.165, 1.54) is 18.9 Å². The molecule has 4 nitrogen and oxygen atoms in total. The van der Waals surface area contributed by atoms with Gasteiger partial charge in [0.15, 0.2) is 5.69 Å². The number of rotatable bonds is 4. The molecule has 1 saturated carbocycles. The highest BCUT2D eigenvalue weighted by atomic mass is 16.3. The summed E-state index contributed by atoms with van der Waals surface area (Å²) < 4.78 is 0. The van der Waals surface area contributed by atoms with E-state index in [1.54, 1.807) is 12.3 Å². The van der Waals surface area contributed by atoms with Gasteiger partial charge in [-0.05, 0) is 30.9 Å². The number of amides is 1. The lowest BCUT2D eigenvalue weighted by atomic mass is 10.1. The third-order valence-electron chi connectivity index (χ3n) is 3.58. The zero-order valence-corrected chi connectivity index (χ0v) is 11.7. The van der Waals surface area contributed by atoms with Gasteiger partial charge in [0.1, 0.15) is 5.75 Å². The molecule has 1 amide bonds. The lowest BCUT2D eigenvalue weighted by Gasteiger charge is -2.30. The molecule has 1 fully saturated rings. The summed E-state index contributed by atoms with van der Waals surface area (Å²) in [4.78, 5) is 18.5. The van der Waals surface area contributed by atoms with Crippen molar-refractivity contribution in [3.05, 3.63) is 24.0 Å². The van der Waals surface area contributed by atoms with Gasteiger partial charge in [-0.25, -0.2) is 4.98 Å². The van der Waals surface area contributed by atoms with E-state index < -0.39 is 0 Å². The number of pyridine rings is 1. The van der Waals surface area contributed by atoms with Crippen LogP contribution in [0, 0.1) is 5.92 Å². The van der Waals surface area contributed by atoms with Crippen LogP contribution in [0.5, 0.6) is 5.75 Å². The first-order valence-corrected chi connectivity index (χ1v) is 7.04. The standard InChI is InChI=1S/C15H22N2O2/c1-11(2)10-17(12-6-3-4-7-12)15(19)14-13(18)8-5-9-16-14/h5,8-9,11-12,18H,3-4,6-7,10H2,1-2H3. The Hall–Kier alpha value is -1.58. The highest BCUT2D eigenvalue weighted by Crippen LogP contribution is 2.27. The maximum Gasteiger partial charge on any atom is 0.276 e. The molecule has 104 valence electrons. The number of hydrogen-bond acceptors (Lipinski definition) is 3. The molecule has 1 aliphatic carbocycles. The summed E-state index contributed by atoms with van der Waals surface area (Å²) in [6.07, 6.45) is 6.04. The minimum Gasteiger partial charge on any atom is -0.505 e. The second-order valence-corrected chi connectivity index (χ2v) is 5.66. The summed E-state index contributed by atoms with van der Waals surface area (Å²) >= 11 is 0. The monoisotopic (exact) mass is 262 g/mol. The predicted octanol–water partition coefficient (Wildman–Crippen LogP) is 2.83. The Morgan fingerprint density at radius 1 is 1.47 bits per heavy atom. The molecule has 0 bridgehead atoms. The van der Waals surface area contributed by atoms with E-state index in [-0.39, 0.29) is 17.4 Å². The molecule has 19 heavy (non-hydrogen) atoms. The Morgan fingerprint density at radius 2 is 2.16 bits per heavy atom. The zero-order chi connectivity index (χ0) is 13.8. The van der Waals surface area contributed by atoms with Crippen LogP contribution in [-0.4, -0.2) is 33.5 Å². The molecule has 1 aromatic heterocycles. The third-order valence-corrected chi connectivity index (χ3v) is 3.58. The third kappa shape index (κ3) is 3.25. The van der Waals surface area contributed by atoms with Gasteiger partial charge in [0.2, 0.25) is 0 Å². The Kier molecular flexibility index (Phi) is 4.40. The van der Waals surface area contributed by atoms with Gasteiger partial charge < -0.3 is 10.0 Å². The van der Waals surface area contributed by atoms with Crippen molar-refractivity contribution < 1.29 is 9.90 Å². The fourth-order valence-corrected chi connectivity index (χ4v) is 2.70. The van der Waals surface area contributed by atoms with Crippen molar-refractivity contribution in [1.82, 2.24) is 9.88 Å². The number of aromatic hydroxyl groups is 1. The molecule has 4 heteroatoms. The van der Waals surface area contributed by atoms with Crippen molar-refractivity contribution in [1.29, 1.82) is 0 Å². The van der Waals surface area contributed by atoms with Gasteiger partial charge in [0.25, 0.3) is 5.91 Å². The average molecular weight is 262 g/mol. The minimum absolute atomic E-state index is 0.0285. The summed E-state index contributed by atoms with van der Waals surface area (Å²) in [6, 6.07) is 3.45. The maximum absolute atomic E-state index is 12.6. The quantitative estimate of drug-likeness (QED) is 0.907. The number of aromatic nitrogens is 1. The van der Waals surface area contributed by atoms with Crippen LogP contribution in [0.25, 0.3) is 0 Å². The number of carbonyl (C=O) groups excluding carboxylic acids is 1. The number of hydrogen-bond donors (Lipinski definition) is 1. The van der Waals surface area contributed by atoms with Crippen LogP contribution in [0.3, 0.4) is 0 Å². The van der Waals surface area contributed by atoms with Gasteiger partial charge in [0, 0.05) is 18.8 Å². The Bertz CT molecular complexity index is 440. The molecule has 0 aliphatic heterocycles. The molecule has 1 aromatic rings. The van der Waals surface area contributed by atoms with Gasteiger partial charge in [-0.15, -0.1) is 0 Å². The molecule has 0 radical (unpaired) electrons. The lowest BCUT2D eigenvalue weighted by molar-refractivity contribution is 0.0646. The fraction of sp³-hybridized carbons (Fsp3) is 0.600. The average Bonchev–Trinajstić information content (AvgIpc) is 2.89. The highest BCUT2D eigenvalue weighted by Gasteiger charge is 2.29. The maximum atomic E-state index is 12.6. The normalized spacial score (nSPS) is 15.9. The van der Waals surface area contributed by atoms with Crippen molar-refractivity contribution in [2.75, 3.05) is 6.54 Å². The SMILES string of the molecule is CC(C)CN(C(=O)c1ncccc1O)C1CCCC1. The largest absolute Gasteiger partial charge is 0.505 e.